The van der Waals surface area contributed by atoms with Gasteiger partial charge in [-0.3, -0.25) is 14.6 Å². The van der Waals surface area contributed by atoms with Crippen molar-refractivity contribution in [3.8, 4) is 0 Å². The third kappa shape index (κ3) is 7.85. The second-order valence-corrected chi connectivity index (χ2v) is 7.50. The van der Waals surface area contributed by atoms with E-state index in [0.29, 0.717) is 6.54 Å². The van der Waals surface area contributed by atoms with Crippen molar-refractivity contribution in [2.75, 3.05) is 52.4 Å². The first kappa shape index (κ1) is 25.1. The fourth-order valence-corrected chi connectivity index (χ4v) is 3.80. The highest BCUT2D eigenvalue weighted by atomic mass is 35.5. The molecule has 2 aliphatic rings. The maximum absolute atomic E-state index is 12.3. The Morgan fingerprint density at radius 1 is 1.07 bits per heavy atom. The Balaban J connectivity index is 0.00000196. The number of nitrogens with zero attached hydrogens (tertiary/aromatic N) is 2. The number of nitrogens with one attached hydrogen (secondary N) is 2. The molecule has 160 valence electrons. The number of morpholine rings is 1. The number of hydrogen-bond donors (Lipinski definition) is 2. The molecule has 6 nitrogen and oxygen atoms in total. The smallest absolute Gasteiger partial charge is 0.251 e. The highest BCUT2D eigenvalue weighted by molar-refractivity contribution is 5.94. The number of rotatable bonds is 6. The molecule has 0 aliphatic carbocycles. The van der Waals surface area contributed by atoms with Crippen LogP contribution in [0.2, 0.25) is 0 Å². The van der Waals surface area contributed by atoms with Gasteiger partial charge in [-0.15, -0.1) is 24.8 Å². The zero-order valence-electron chi connectivity index (χ0n) is 16.9. The lowest BCUT2D eigenvalue weighted by Crippen LogP contribution is -2.46. The van der Waals surface area contributed by atoms with Gasteiger partial charge in [0.1, 0.15) is 0 Å². The molecule has 2 aliphatic heterocycles. The number of hydrogen-bond acceptors (Lipinski definition) is 5. The SMILES string of the molecule is CC1CN(Cc2ccc(C(=O)NCCN3CCNCC3)cc2)CC(C)O1.Cl.Cl. The Bertz CT molecular complexity index is 572. The first-order valence-corrected chi connectivity index (χ1v) is 9.78. The zero-order chi connectivity index (χ0) is 18.4. The topological polar surface area (TPSA) is 56.8 Å². The first-order chi connectivity index (χ1) is 12.6. The predicted octanol–water partition coefficient (Wildman–Crippen LogP) is 1.77. The second kappa shape index (κ2) is 12.6. The van der Waals surface area contributed by atoms with Crippen molar-refractivity contribution >= 4 is 30.7 Å². The minimum Gasteiger partial charge on any atom is -0.373 e. The van der Waals surface area contributed by atoms with Gasteiger partial charge in [0.25, 0.3) is 5.91 Å². The summed E-state index contributed by atoms with van der Waals surface area (Å²) in [6.07, 6.45) is 0.555. The van der Waals surface area contributed by atoms with Gasteiger partial charge < -0.3 is 15.4 Å². The normalized spacial score (nSPS) is 23.4. The maximum atomic E-state index is 12.3. The Labute approximate surface area is 181 Å². The molecule has 8 heteroatoms. The quantitative estimate of drug-likeness (QED) is 0.717. The molecule has 1 aromatic carbocycles. The molecule has 1 aromatic rings. The number of halogens is 2. The summed E-state index contributed by atoms with van der Waals surface area (Å²) in [4.78, 5) is 17.1. The van der Waals surface area contributed by atoms with E-state index in [2.05, 4.69) is 46.4 Å². The summed E-state index contributed by atoms with van der Waals surface area (Å²) in [5.41, 5.74) is 1.97. The summed E-state index contributed by atoms with van der Waals surface area (Å²) in [7, 11) is 0. The highest BCUT2D eigenvalue weighted by Crippen LogP contribution is 2.14. The second-order valence-electron chi connectivity index (χ2n) is 7.50. The molecule has 0 saturated carbocycles. The van der Waals surface area contributed by atoms with Crippen LogP contribution in [0.25, 0.3) is 0 Å². The van der Waals surface area contributed by atoms with Crippen LogP contribution in [0.5, 0.6) is 0 Å². The van der Waals surface area contributed by atoms with Gasteiger partial charge in [0.05, 0.1) is 12.2 Å². The molecule has 2 heterocycles. The molecular formula is C20H34Cl2N4O2. The summed E-state index contributed by atoms with van der Waals surface area (Å²) in [5.74, 6) is 0.0142. The minimum atomic E-state index is 0. The van der Waals surface area contributed by atoms with Gasteiger partial charge in [0.15, 0.2) is 0 Å². The van der Waals surface area contributed by atoms with Gasteiger partial charge in [0, 0.05) is 64.5 Å². The van der Waals surface area contributed by atoms with Crippen molar-refractivity contribution in [1.82, 2.24) is 20.4 Å². The van der Waals surface area contributed by atoms with Crippen LogP contribution in [0.3, 0.4) is 0 Å². The molecule has 2 N–H and O–H groups in total. The number of amides is 1. The fourth-order valence-electron chi connectivity index (χ4n) is 3.80. The van der Waals surface area contributed by atoms with Crippen molar-refractivity contribution < 1.29 is 9.53 Å². The zero-order valence-corrected chi connectivity index (χ0v) is 18.5. The van der Waals surface area contributed by atoms with Gasteiger partial charge in [-0.2, -0.15) is 0 Å². The van der Waals surface area contributed by atoms with E-state index in [1.54, 1.807) is 0 Å². The summed E-state index contributed by atoms with van der Waals surface area (Å²) < 4.78 is 5.78. The van der Waals surface area contributed by atoms with E-state index in [1.807, 2.05) is 12.1 Å². The van der Waals surface area contributed by atoms with Crippen LogP contribution in [-0.4, -0.2) is 80.3 Å². The van der Waals surface area contributed by atoms with Crippen LogP contribution in [0.4, 0.5) is 0 Å². The average molecular weight is 433 g/mol. The van der Waals surface area contributed by atoms with Gasteiger partial charge >= 0.3 is 0 Å². The third-order valence-electron chi connectivity index (χ3n) is 5.04. The molecule has 3 rings (SSSR count). The summed E-state index contributed by atoms with van der Waals surface area (Å²) in [5, 5.41) is 6.37. The van der Waals surface area contributed by atoms with Crippen LogP contribution < -0.4 is 10.6 Å². The van der Waals surface area contributed by atoms with Crippen LogP contribution in [0.15, 0.2) is 24.3 Å². The van der Waals surface area contributed by atoms with Crippen LogP contribution in [0.1, 0.15) is 29.8 Å². The minimum absolute atomic E-state index is 0. The molecule has 0 aromatic heterocycles. The number of carbonyl (C=O) groups is 1. The molecule has 28 heavy (non-hydrogen) atoms. The summed E-state index contributed by atoms with van der Waals surface area (Å²) >= 11 is 0. The predicted molar refractivity (Wildman–Crippen MR) is 118 cm³/mol. The lowest BCUT2D eigenvalue weighted by Gasteiger charge is -2.35. The molecule has 2 atom stereocenters. The van der Waals surface area contributed by atoms with Gasteiger partial charge in [-0.05, 0) is 31.5 Å². The van der Waals surface area contributed by atoms with E-state index in [9.17, 15) is 4.79 Å². The first-order valence-electron chi connectivity index (χ1n) is 9.78. The number of ether oxygens (including phenoxy) is 1. The Morgan fingerprint density at radius 3 is 2.29 bits per heavy atom. The number of piperazine rings is 1. The molecule has 2 fully saturated rings. The molecule has 1 amide bonds. The van der Waals surface area contributed by atoms with E-state index in [0.717, 1.165) is 57.9 Å². The van der Waals surface area contributed by atoms with E-state index >= 15 is 0 Å². The lowest BCUT2D eigenvalue weighted by atomic mass is 10.1. The van der Waals surface area contributed by atoms with Crippen molar-refractivity contribution in [2.24, 2.45) is 0 Å². The van der Waals surface area contributed by atoms with Crippen molar-refractivity contribution in [3.05, 3.63) is 35.4 Å². The van der Waals surface area contributed by atoms with E-state index < -0.39 is 0 Å². The molecule has 0 bridgehead atoms. The van der Waals surface area contributed by atoms with Gasteiger partial charge in [0.2, 0.25) is 0 Å². The van der Waals surface area contributed by atoms with Crippen LogP contribution in [-0.2, 0) is 11.3 Å². The van der Waals surface area contributed by atoms with E-state index in [4.69, 9.17) is 4.74 Å². The van der Waals surface area contributed by atoms with E-state index in [1.165, 1.54) is 5.56 Å². The molecule has 0 radical (unpaired) electrons. The number of benzene rings is 1. The summed E-state index contributed by atoms with van der Waals surface area (Å²) in [6, 6.07) is 8.00. The molecule has 0 spiro atoms. The summed E-state index contributed by atoms with van der Waals surface area (Å²) in [6.45, 7) is 12.9. The van der Waals surface area contributed by atoms with Gasteiger partial charge in [-0.25, -0.2) is 0 Å². The highest BCUT2D eigenvalue weighted by Gasteiger charge is 2.22. The molecule has 2 saturated heterocycles. The maximum Gasteiger partial charge on any atom is 0.251 e. The molecule has 2 unspecified atom stereocenters. The Kier molecular flexibility index (Phi) is 11.3. The largest absolute Gasteiger partial charge is 0.373 e. The number of carbonyl (C=O) groups excluding carboxylic acids is 1. The standard InChI is InChI=1S/C20H32N4O2.2ClH/c1-16-13-24(14-17(2)26-16)15-18-3-5-19(6-4-18)20(25)22-9-12-23-10-7-21-8-11-23;;/h3-6,16-17,21H,7-15H2,1-2H3,(H,22,25);2*1H. The van der Waals surface area contributed by atoms with E-state index in [-0.39, 0.29) is 42.9 Å². The lowest BCUT2D eigenvalue weighted by molar-refractivity contribution is -0.0704. The van der Waals surface area contributed by atoms with Crippen molar-refractivity contribution in [2.45, 2.75) is 32.6 Å². The fraction of sp³-hybridized carbons (Fsp3) is 0.650. The monoisotopic (exact) mass is 432 g/mol. The average Bonchev–Trinajstić information content (AvgIpc) is 2.62. The van der Waals surface area contributed by atoms with Crippen molar-refractivity contribution in [1.29, 1.82) is 0 Å². The van der Waals surface area contributed by atoms with Gasteiger partial charge in [-0.1, -0.05) is 12.1 Å². The van der Waals surface area contributed by atoms with Crippen LogP contribution in [0, 0.1) is 0 Å². The van der Waals surface area contributed by atoms with Crippen LogP contribution >= 0.6 is 24.8 Å². The molecular weight excluding hydrogens is 399 g/mol. The Morgan fingerprint density at radius 2 is 1.68 bits per heavy atom. The van der Waals surface area contributed by atoms with Crippen molar-refractivity contribution in [3.63, 3.8) is 0 Å². The third-order valence-corrected chi connectivity index (χ3v) is 5.04. The Hall–Kier alpha value is -0.890.